The second-order valence-corrected chi connectivity index (χ2v) is 9.66. The molecule has 2 heterocycles. The molecule has 4 rings (SSSR count). The highest BCUT2D eigenvalue weighted by molar-refractivity contribution is 6.31. The predicted molar refractivity (Wildman–Crippen MR) is 135 cm³/mol. The second-order valence-electron chi connectivity index (χ2n) is 9.22. The summed E-state index contributed by atoms with van der Waals surface area (Å²) < 4.78 is 13.3. The predicted octanol–water partition coefficient (Wildman–Crippen LogP) is 4.02. The molecule has 0 saturated carbocycles. The average molecular weight is 495 g/mol. The van der Waals surface area contributed by atoms with Gasteiger partial charge >= 0.3 is 0 Å². The van der Waals surface area contributed by atoms with Crippen LogP contribution in [0.25, 0.3) is 6.08 Å². The molecule has 7 nitrogen and oxygen atoms in total. The highest BCUT2D eigenvalue weighted by Crippen LogP contribution is 2.33. The molecule has 182 valence electrons. The highest BCUT2D eigenvalue weighted by atomic mass is 35.5. The molecule has 2 aromatic carbocycles. The number of carbonyl (C=O) groups excluding carboxylic acids is 1. The van der Waals surface area contributed by atoms with E-state index in [-0.39, 0.29) is 29.8 Å². The van der Waals surface area contributed by atoms with Gasteiger partial charge in [0.15, 0.2) is 6.19 Å². The summed E-state index contributed by atoms with van der Waals surface area (Å²) in [6.07, 6.45) is 6.90. The quantitative estimate of drug-likeness (QED) is 0.215. The third-order valence-electron chi connectivity index (χ3n) is 6.47. The summed E-state index contributed by atoms with van der Waals surface area (Å²) in [6, 6.07) is 11.9. The van der Waals surface area contributed by atoms with Crippen molar-refractivity contribution in [2.45, 2.75) is 38.4 Å². The fraction of sp³-hybridized carbons (Fsp3) is 0.346. The van der Waals surface area contributed by atoms with Crippen molar-refractivity contribution >= 4 is 35.2 Å². The number of likely N-dealkylation sites (tertiary alicyclic amines) is 1. The van der Waals surface area contributed by atoms with Crippen molar-refractivity contribution in [3.8, 4) is 6.19 Å². The minimum Gasteiger partial charge on any atom is -0.369 e. The van der Waals surface area contributed by atoms with Gasteiger partial charge in [-0.2, -0.15) is 5.26 Å². The summed E-state index contributed by atoms with van der Waals surface area (Å²) >= 11 is 6.10. The van der Waals surface area contributed by atoms with E-state index in [0.29, 0.717) is 22.2 Å². The van der Waals surface area contributed by atoms with Gasteiger partial charge < -0.3 is 10.6 Å². The van der Waals surface area contributed by atoms with Crippen LogP contribution in [0.3, 0.4) is 0 Å². The molecule has 3 N–H and O–H groups in total. The number of benzene rings is 2. The molecule has 1 amide bonds. The molecule has 0 aromatic heterocycles. The molecule has 2 unspecified atom stereocenters. The largest absolute Gasteiger partial charge is 0.369 e. The van der Waals surface area contributed by atoms with Gasteiger partial charge in [-0.05, 0) is 54.7 Å². The number of halogens is 2. The van der Waals surface area contributed by atoms with Gasteiger partial charge in [-0.1, -0.05) is 36.7 Å². The molecule has 0 aliphatic carbocycles. The number of carbonyl (C=O) groups is 1. The van der Waals surface area contributed by atoms with Crippen LogP contribution < -0.4 is 11.1 Å². The van der Waals surface area contributed by atoms with Gasteiger partial charge in [0.1, 0.15) is 5.82 Å². The zero-order valence-corrected chi connectivity index (χ0v) is 20.3. The van der Waals surface area contributed by atoms with E-state index < -0.39 is 0 Å². The van der Waals surface area contributed by atoms with Crippen LogP contribution in [0.2, 0.25) is 5.02 Å². The number of rotatable bonds is 5. The SMILES string of the molecule is CC1CC2CN(Cc3ccc(F)cc3)CC(C1)N2C(=O)/C=C/c1ccc(Cl)cc1N=C(N)NC#N. The number of piperidine rings is 1. The number of nitrogens with zero attached hydrogens (tertiary/aromatic N) is 4. The monoisotopic (exact) mass is 494 g/mol. The Balaban J connectivity index is 1.49. The first-order chi connectivity index (χ1) is 16.8. The zero-order chi connectivity index (χ0) is 24.9. The van der Waals surface area contributed by atoms with Crippen LogP contribution in [0, 0.1) is 23.2 Å². The Kier molecular flexibility index (Phi) is 7.69. The third-order valence-corrected chi connectivity index (χ3v) is 6.71. The van der Waals surface area contributed by atoms with E-state index in [1.54, 1.807) is 36.5 Å². The standard InChI is InChI=1S/C26H28ClFN6O/c1-17-10-22-14-33(13-18-2-7-21(28)8-3-18)15-23(11-17)34(22)25(35)9-5-19-4-6-20(27)12-24(19)32-26(30)31-16-29/h2-9,12,17,22-23H,10-11,13-15H2,1H3,(H3,30,31,32)/b9-5+. The number of fused-ring (bicyclic) bond motifs is 2. The molecule has 2 saturated heterocycles. The van der Waals surface area contributed by atoms with Crippen molar-refractivity contribution in [3.63, 3.8) is 0 Å². The summed E-state index contributed by atoms with van der Waals surface area (Å²) in [6.45, 7) is 4.55. The van der Waals surface area contributed by atoms with Crippen LogP contribution in [0.4, 0.5) is 10.1 Å². The normalized spacial score (nSPS) is 22.7. The van der Waals surface area contributed by atoms with Crippen molar-refractivity contribution < 1.29 is 9.18 Å². The van der Waals surface area contributed by atoms with Gasteiger partial charge in [0, 0.05) is 48.4 Å². The fourth-order valence-corrected chi connectivity index (χ4v) is 5.27. The minimum absolute atomic E-state index is 0.0404. The number of nitriles is 1. The molecular weight excluding hydrogens is 467 g/mol. The molecule has 2 atom stereocenters. The number of hydrogen-bond donors (Lipinski definition) is 2. The van der Waals surface area contributed by atoms with Crippen molar-refractivity contribution in [2.24, 2.45) is 16.6 Å². The lowest BCUT2D eigenvalue weighted by Crippen LogP contribution is -2.63. The van der Waals surface area contributed by atoms with Crippen LogP contribution in [0.5, 0.6) is 0 Å². The molecule has 2 aliphatic heterocycles. The number of hydrogen-bond acceptors (Lipinski definition) is 4. The van der Waals surface area contributed by atoms with Crippen LogP contribution in [0.1, 0.15) is 30.9 Å². The van der Waals surface area contributed by atoms with Gasteiger partial charge in [-0.15, -0.1) is 0 Å². The van der Waals surface area contributed by atoms with E-state index in [4.69, 9.17) is 22.6 Å². The smallest absolute Gasteiger partial charge is 0.247 e. The van der Waals surface area contributed by atoms with E-state index in [9.17, 15) is 9.18 Å². The molecule has 2 bridgehead atoms. The van der Waals surface area contributed by atoms with Crippen molar-refractivity contribution in [2.75, 3.05) is 13.1 Å². The molecule has 2 aromatic rings. The Labute approximate surface area is 209 Å². The number of guanidine groups is 1. The van der Waals surface area contributed by atoms with Crippen LogP contribution in [-0.4, -0.2) is 46.8 Å². The minimum atomic E-state index is -0.236. The first kappa shape index (κ1) is 24.7. The Hall–Kier alpha value is -3.41. The maximum atomic E-state index is 13.3. The number of amides is 1. The van der Waals surface area contributed by atoms with Gasteiger partial charge in [0.05, 0.1) is 5.69 Å². The average Bonchev–Trinajstić information content (AvgIpc) is 2.79. The Morgan fingerprint density at radius 3 is 2.60 bits per heavy atom. The zero-order valence-electron chi connectivity index (χ0n) is 19.5. The molecule has 2 fully saturated rings. The van der Waals surface area contributed by atoms with Crippen molar-refractivity contribution in [1.82, 2.24) is 15.1 Å². The fourth-order valence-electron chi connectivity index (χ4n) is 5.10. The maximum Gasteiger partial charge on any atom is 0.247 e. The van der Waals surface area contributed by atoms with Crippen LogP contribution in [-0.2, 0) is 11.3 Å². The van der Waals surface area contributed by atoms with Crippen LogP contribution in [0.15, 0.2) is 53.5 Å². The summed E-state index contributed by atoms with van der Waals surface area (Å²) in [4.78, 5) is 21.9. The summed E-state index contributed by atoms with van der Waals surface area (Å²) in [5.41, 5.74) is 7.90. The maximum absolute atomic E-state index is 13.3. The van der Waals surface area contributed by atoms with E-state index in [1.807, 2.05) is 17.0 Å². The number of nitrogens with one attached hydrogen (secondary N) is 1. The van der Waals surface area contributed by atoms with E-state index in [0.717, 1.165) is 38.0 Å². The van der Waals surface area contributed by atoms with Crippen molar-refractivity contribution in [1.29, 1.82) is 5.26 Å². The van der Waals surface area contributed by atoms with Gasteiger partial charge in [-0.25, -0.2) is 9.38 Å². The molecule has 0 radical (unpaired) electrons. The number of nitrogens with two attached hydrogens (primary N) is 1. The summed E-state index contributed by atoms with van der Waals surface area (Å²) in [5.74, 6) is 0.219. The Morgan fingerprint density at radius 1 is 1.26 bits per heavy atom. The number of piperazine rings is 1. The van der Waals surface area contributed by atoms with Gasteiger partial charge in [0.25, 0.3) is 0 Å². The Bertz CT molecular complexity index is 1160. The molecule has 0 spiro atoms. The molecule has 9 heteroatoms. The Morgan fingerprint density at radius 2 is 1.94 bits per heavy atom. The number of aliphatic imine (C=N–C) groups is 1. The molecule has 35 heavy (non-hydrogen) atoms. The first-order valence-electron chi connectivity index (χ1n) is 11.6. The highest BCUT2D eigenvalue weighted by Gasteiger charge is 2.41. The lowest BCUT2D eigenvalue weighted by atomic mass is 9.84. The summed E-state index contributed by atoms with van der Waals surface area (Å²) in [7, 11) is 0. The van der Waals surface area contributed by atoms with E-state index in [2.05, 4.69) is 22.1 Å². The summed E-state index contributed by atoms with van der Waals surface area (Å²) in [5, 5.41) is 11.5. The lowest BCUT2D eigenvalue weighted by molar-refractivity contribution is -0.139. The van der Waals surface area contributed by atoms with E-state index in [1.165, 1.54) is 12.1 Å². The molecule has 2 aliphatic rings. The third kappa shape index (κ3) is 6.18. The van der Waals surface area contributed by atoms with E-state index >= 15 is 0 Å². The van der Waals surface area contributed by atoms with Gasteiger partial charge in [0.2, 0.25) is 11.9 Å². The van der Waals surface area contributed by atoms with Crippen molar-refractivity contribution in [3.05, 3.63) is 70.5 Å². The second kappa shape index (κ2) is 10.9. The first-order valence-corrected chi connectivity index (χ1v) is 12.0. The van der Waals surface area contributed by atoms with Crippen LogP contribution >= 0.6 is 11.6 Å². The topological polar surface area (TPSA) is 97.8 Å². The lowest BCUT2D eigenvalue weighted by Gasteiger charge is -2.51. The van der Waals surface area contributed by atoms with Gasteiger partial charge in [-0.3, -0.25) is 15.0 Å². The molecular formula is C26H28ClFN6O.